The Morgan fingerprint density at radius 2 is 1.87 bits per heavy atom. The molecule has 122 valence electrons. The highest BCUT2D eigenvalue weighted by atomic mass is 35.5. The molecule has 0 aliphatic carbocycles. The maximum Gasteiger partial charge on any atom is 0.154 e. The average molecular weight is 385 g/mol. The van der Waals surface area contributed by atoms with Gasteiger partial charge in [-0.3, -0.25) is 4.99 Å². The highest BCUT2D eigenvalue weighted by Crippen LogP contribution is 2.30. The smallest absolute Gasteiger partial charge is 0.154 e. The molecule has 2 aromatic carbocycles. The Hall–Kier alpha value is -0.810. The van der Waals surface area contributed by atoms with E-state index < -0.39 is 0 Å². The molecule has 0 fully saturated rings. The van der Waals surface area contributed by atoms with Crippen molar-refractivity contribution in [3.8, 4) is 0 Å². The Morgan fingerprint density at radius 3 is 2.61 bits per heavy atom. The van der Waals surface area contributed by atoms with Gasteiger partial charge >= 0.3 is 0 Å². The zero-order chi connectivity index (χ0) is 16.7. The molecule has 6 heteroatoms. The number of nitrogens with zero attached hydrogens (tertiary/aromatic N) is 1. The van der Waals surface area contributed by atoms with Crippen LogP contribution in [0, 0.1) is 0 Å². The number of hydrogen-bond donors (Lipinski definition) is 1. The highest BCUT2D eigenvalue weighted by molar-refractivity contribution is 8.14. The molecule has 2 N–H and O–H groups in total. The van der Waals surface area contributed by atoms with Gasteiger partial charge in [0.1, 0.15) is 0 Å². The number of rotatable bonds is 6. The van der Waals surface area contributed by atoms with Crippen LogP contribution in [0.2, 0.25) is 10.0 Å². The number of aliphatic imine (C=N–C) groups is 1. The summed E-state index contributed by atoms with van der Waals surface area (Å²) in [4.78, 5) is 5.52. The van der Waals surface area contributed by atoms with Gasteiger partial charge in [0.15, 0.2) is 5.17 Å². The molecule has 1 atom stereocenters. The highest BCUT2D eigenvalue weighted by Gasteiger charge is 2.05. The van der Waals surface area contributed by atoms with Crippen molar-refractivity contribution in [2.45, 2.75) is 17.9 Å². The maximum atomic E-state index is 6.14. The van der Waals surface area contributed by atoms with E-state index in [0.717, 1.165) is 27.0 Å². The van der Waals surface area contributed by atoms with Crippen molar-refractivity contribution in [2.75, 3.05) is 11.5 Å². The second kappa shape index (κ2) is 9.48. The second-order valence-electron chi connectivity index (χ2n) is 4.83. The third kappa shape index (κ3) is 6.30. The van der Waals surface area contributed by atoms with E-state index in [0.29, 0.717) is 10.2 Å². The predicted molar refractivity (Wildman–Crippen MR) is 106 cm³/mol. The van der Waals surface area contributed by atoms with Crippen LogP contribution >= 0.6 is 46.7 Å². The van der Waals surface area contributed by atoms with E-state index in [1.165, 1.54) is 0 Å². The van der Waals surface area contributed by atoms with Crippen LogP contribution < -0.4 is 5.73 Å². The Morgan fingerprint density at radius 1 is 1.13 bits per heavy atom. The normalized spacial score (nSPS) is 13.1. The molecule has 0 radical (unpaired) electrons. The third-order valence-corrected chi connectivity index (χ3v) is 5.89. The zero-order valence-corrected chi connectivity index (χ0v) is 15.9. The van der Waals surface area contributed by atoms with Gasteiger partial charge in [0.2, 0.25) is 0 Å². The Balaban J connectivity index is 1.79. The minimum Gasteiger partial charge on any atom is -0.379 e. The van der Waals surface area contributed by atoms with Gasteiger partial charge in [-0.2, -0.15) is 0 Å². The monoisotopic (exact) mass is 384 g/mol. The molecule has 0 saturated carbocycles. The third-order valence-electron chi connectivity index (χ3n) is 3.09. The SMILES string of the molecule is C[C@@H](N=C(N)SCCSc1cc(Cl)ccc1Cl)c1ccccc1. The predicted octanol–water partition coefficient (Wildman–Crippen LogP) is 5.89. The molecule has 0 spiro atoms. The maximum absolute atomic E-state index is 6.14. The van der Waals surface area contributed by atoms with Crippen LogP contribution in [0.15, 0.2) is 58.4 Å². The van der Waals surface area contributed by atoms with Gasteiger partial charge in [-0.25, -0.2) is 0 Å². The summed E-state index contributed by atoms with van der Waals surface area (Å²) in [7, 11) is 0. The quantitative estimate of drug-likeness (QED) is 0.291. The number of thioether (sulfide) groups is 2. The molecule has 2 rings (SSSR count). The van der Waals surface area contributed by atoms with Crippen molar-refractivity contribution >= 4 is 51.9 Å². The molecule has 0 aliphatic rings. The van der Waals surface area contributed by atoms with Gasteiger partial charge in [0.25, 0.3) is 0 Å². The van der Waals surface area contributed by atoms with Crippen LogP contribution in [0.3, 0.4) is 0 Å². The molecular weight excluding hydrogens is 367 g/mol. The molecule has 0 unspecified atom stereocenters. The molecule has 2 nitrogen and oxygen atoms in total. The van der Waals surface area contributed by atoms with Gasteiger partial charge in [0, 0.05) is 21.4 Å². The second-order valence-corrected chi connectivity index (χ2v) is 7.92. The topological polar surface area (TPSA) is 38.4 Å². The van der Waals surface area contributed by atoms with Gasteiger partial charge in [0.05, 0.1) is 11.1 Å². The first kappa shape index (κ1) is 18.5. The number of benzene rings is 2. The van der Waals surface area contributed by atoms with Crippen LogP contribution in [-0.4, -0.2) is 16.7 Å². The number of amidine groups is 1. The molecule has 23 heavy (non-hydrogen) atoms. The van der Waals surface area contributed by atoms with Crippen molar-refractivity contribution in [1.29, 1.82) is 0 Å². The van der Waals surface area contributed by atoms with Gasteiger partial charge in [-0.05, 0) is 30.7 Å². The summed E-state index contributed by atoms with van der Waals surface area (Å²) < 4.78 is 0. The summed E-state index contributed by atoms with van der Waals surface area (Å²) in [5.74, 6) is 1.75. The fourth-order valence-corrected chi connectivity index (χ4v) is 4.18. The molecule has 0 aromatic heterocycles. The number of nitrogens with two attached hydrogens (primary N) is 1. The molecule has 0 bridgehead atoms. The van der Waals surface area contributed by atoms with Crippen molar-refractivity contribution in [1.82, 2.24) is 0 Å². The minimum atomic E-state index is 0.0683. The Bertz CT molecular complexity index is 663. The van der Waals surface area contributed by atoms with E-state index in [2.05, 4.69) is 17.1 Å². The van der Waals surface area contributed by atoms with Gasteiger partial charge < -0.3 is 5.73 Å². The Labute approximate surface area is 155 Å². The van der Waals surface area contributed by atoms with Crippen LogP contribution in [0.1, 0.15) is 18.5 Å². The molecule has 0 saturated heterocycles. The van der Waals surface area contributed by atoms with E-state index in [-0.39, 0.29) is 6.04 Å². The summed E-state index contributed by atoms with van der Waals surface area (Å²) in [6.07, 6.45) is 0. The average Bonchev–Trinajstić information content (AvgIpc) is 2.55. The van der Waals surface area contributed by atoms with E-state index in [1.54, 1.807) is 29.6 Å². The largest absolute Gasteiger partial charge is 0.379 e. The summed E-state index contributed by atoms with van der Waals surface area (Å²) in [5.41, 5.74) is 7.17. The first-order chi connectivity index (χ1) is 11.1. The lowest BCUT2D eigenvalue weighted by Crippen LogP contribution is -2.10. The lowest BCUT2D eigenvalue weighted by Gasteiger charge is -2.08. The lowest BCUT2D eigenvalue weighted by atomic mass is 10.1. The van der Waals surface area contributed by atoms with Crippen LogP contribution in [0.25, 0.3) is 0 Å². The van der Waals surface area contributed by atoms with Crippen LogP contribution in [-0.2, 0) is 0 Å². The molecule has 2 aromatic rings. The first-order valence-electron chi connectivity index (χ1n) is 7.15. The summed E-state index contributed by atoms with van der Waals surface area (Å²) in [5, 5.41) is 2.03. The number of halogens is 2. The van der Waals surface area contributed by atoms with Crippen molar-refractivity contribution in [2.24, 2.45) is 10.7 Å². The fourth-order valence-electron chi connectivity index (χ4n) is 1.92. The number of hydrogen-bond acceptors (Lipinski definition) is 3. The summed E-state index contributed by atoms with van der Waals surface area (Å²) >= 11 is 15.3. The zero-order valence-electron chi connectivity index (χ0n) is 12.7. The molecule has 0 heterocycles. The molecular formula is C17H18Cl2N2S2. The standard InChI is InChI=1S/C17H18Cl2N2S2/c1-12(13-5-3-2-4-6-13)21-17(20)23-10-9-22-16-11-14(18)7-8-15(16)19/h2-8,11-12H,9-10H2,1H3,(H2,20,21)/t12-/m1/s1. The van der Waals surface area contributed by atoms with Crippen molar-refractivity contribution in [3.05, 3.63) is 64.1 Å². The molecule has 0 amide bonds. The molecule has 0 aliphatic heterocycles. The summed E-state index contributed by atoms with van der Waals surface area (Å²) in [6.45, 7) is 2.04. The van der Waals surface area contributed by atoms with Crippen LogP contribution in [0.5, 0.6) is 0 Å². The van der Waals surface area contributed by atoms with Crippen molar-refractivity contribution < 1.29 is 0 Å². The lowest BCUT2D eigenvalue weighted by molar-refractivity contribution is 0.822. The van der Waals surface area contributed by atoms with E-state index in [9.17, 15) is 0 Å². The van der Waals surface area contributed by atoms with Crippen LogP contribution in [0.4, 0.5) is 0 Å². The van der Waals surface area contributed by atoms with E-state index >= 15 is 0 Å². The Kier molecular flexibility index (Phi) is 7.63. The van der Waals surface area contributed by atoms with Gasteiger partial charge in [-0.1, -0.05) is 65.3 Å². The first-order valence-corrected chi connectivity index (χ1v) is 9.88. The summed E-state index contributed by atoms with van der Waals surface area (Å²) in [6, 6.07) is 15.7. The fraction of sp³-hybridized carbons (Fsp3) is 0.235. The minimum absolute atomic E-state index is 0.0683. The van der Waals surface area contributed by atoms with E-state index in [4.69, 9.17) is 28.9 Å². The van der Waals surface area contributed by atoms with Crippen molar-refractivity contribution in [3.63, 3.8) is 0 Å². The van der Waals surface area contributed by atoms with Gasteiger partial charge in [-0.15, -0.1) is 11.8 Å². The van der Waals surface area contributed by atoms with E-state index in [1.807, 2.05) is 37.3 Å².